The predicted octanol–water partition coefficient (Wildman–Crippen LogP) is 4.57. The maximum absolute atomic E-state index is 15.7. The normalized spacial score (nSPS) is 27.2. The van der Waals surface area contributed by atoms with Crippen LogP contribution in [0.4, 0.5) is 17.6 Å². The van der Waals surface area contributed by atoms with Crippen LogP contribution in [0, 0.1) is 5.92 Å². The summed E-state index contributed by atoms with van der Waals surface area (Å²) in [6.45, 7) is 2.42. The monoisotopic (exact) mass is 581 g/mol. The Morgan fingerprint density at radius 1 is 1.21 bits per heavy atom. The van der Waals surface area contributed by atoms with Gasteiger partial charge < -0.3 is 10.2 Å². The van der Waals surface area contributed by atoms with E-state index in [4.69, 9.17) is 11.6 Å². The van der Waals surface area contributed by atoms with Crippen molar-refractivity contribution in [3.63, 3.8) is 0 Å². The quantitative estimate of drug-likeness (QED) is 0.456. The van der Waals surface area contributed by atoms with Crippen molar-refractivity contribution in [1.29, 1.82) is 0 Å². The third kappa shape index (κ3) is 9.20. The summed E-state index contributed by atoms with van der Waals surface area (Å²) >= 11 is 6.46. The zero-order chi connectivity index (χ0) is 28.1. The van der Waals surface area contributed by atoms with Crippen molar-refractivity contribution in [3.05, 3.63) is 46.3 Å². The van der Waals surface area contributed by atoms with Gasteiger partial charge in [0.1, 0.15) is 0 Å². The largest absolute Gasteiger partial charge is 0.401 e. The molecule has 2 aliphatic heterocycles. The Labute approximate surface area is 227 Å². The number of hydrogen-bond donors (Lipinski definition) is 1. The minimum absolute atomic E-state index is 0.0106. The number of likely N-dealkylation sites (tertiary alicyclic amines) is 2. The maximum Gasteiger partial charge on any atom is 0.401 e. The molecule has 0 spiro atoms. The zero-order valence-electron chi connectivity index (χ0n) is 21.7. The average molecular weight is 582 g/mol. The van der Waals surface area contributed by atoms with Crippen molar-refractivity contribution in [2.24, 2.45) is 5.92 Å². The van der Waals surface area contributed by atoms with Crippen molar-refractivity contribution in [2.75, 3.05) is 45.5 Å². The van der Waals surface area contributed by atoms with Crippen LogP contribution < -0.4 is 5.32 Å². The molecule has 1 aromatic rings. The van der Waals surface area contributed by atoms with Crippen molar-refractivity contribution in [1.82, 2.24) is 15.1 Å². The summed E-state index contributed by atoms with van der Waals surface area (Å²) in [5, 5.41) is 4.09. The standard InChI is InChI=1S/C26H36ClF4N3O3S/c1-19(9-15-38(2,36)37)32-24(35)25(28)10-5-12-33(14-11-25)16-20-17-34(18-26(29,30)31)13-8-21(20)22-6-3-4-7-23(22)27/h3-4,6-7,9,15,19-21H,5,8,10-14,16-18H2,1-2H3,(H,32,35)/b15-9-/t19-,20+,21+,25-/m1/s1. The molecular weight excluding hydrogens is 546 g/mol. The highest BCUT2D eigenvalue weighted by Gasteiger charge is 2.42. The van der Waals surface area contributed by atoms with Gasteiger partial charge in [-0.25, -0.2) is 12.8 Å². The highest BCUT2D eigenvalue weighted by atomic mass is 35.5. The molecule has 0 aromatic heterocycles. The molecule has 3 rings (SSSR count). The van der Waals surface area contributed by atoms with Gasteiger partial charge in [0.25, 0.3) is 5.91 Å². The van der Waals surface area contributed by atoms with Crippen LogP contribution in [0.15, 0.2) is 35.7 Å². The summed E-state index contributed by atoms with van der Waals surface area (Å²) in [5.74, 6) is -0.960. The molecule has 2 saturated heterocycles. The fourth-order valence-electron chi connectivity index (χ4n) is 5.42. The van der Waals surface area contributed by atoms with E-state index in [0.29, 0.717) is 37.5 Å². The zero-order valence-corrected chi connectivity index (χ0v) is 23.3. The van der Waals surface area contributed by atoms with Crippen molar-refractivity contribution >= 4 is 27.3 Å². The average Bonchev–Trinajstić information content (AvgIpc) is 2.99. The fraction of sp³-hybridized carbons (Fsp3) is 0.654. The van der Waals surface area contributed by atoms with Crippen molar-refractivity contribution in [2.45, 2.75) is 56.4 Å². The van der Waals surface area contributed by atoms with Gasteiger partial charge in [0.2, 0.25) is 0 Å². The van der Waals surface area contributed by atoms with Crippen LogP contribution in [0.1, 0.15) is 44.1 Å². The minimum atomic E-state index is -4.29. The molecular formula is C26H36ClF4N3O3S. The van der Waals surface area contributed by atoms with Crippen LogP contribution in [0.2, 0.25) is 5.02 Å². The summed E-state index contributed by atoms with van der Waals surface area (Å²) in [4.78, 5) is 16.2. The molecule has 2 aliphatic rings. The summed E-state index contributed by atoms with van der Waals surface area (Å²) in [7, 11) is -3.37. The number of hydrogen-bond acceptors (Lipinski definition) is 5. The number of nitrogens with one attached hydrogen (secondary N) is 1. The number of sulfone groups is 1. The first-order chi connectivity index (χ1) is 17.7. The number of carbonyl (C=O) groups is 1. The van der Waals surface area contributed by atoms with Gasteiger partial charge in [0.15, 0.2) is 15.5 Å². The third-order valence-corrected chi connectivity index (χ3v) is 8.27. The SMILES string of the molecule is C[C@H](/C=C\S(C)(=O)=O)NC(=O)[C@@]1(F)CCCN(C[C@H]2CN(CC(F)(F)F)CC[C@@H]2c2ccccc2Cl)CC1. The molecule has 0 saturated carbocycles. The number of nitrogens with zero attached hydrogens (tertiary/aromatic N) is 2. The Hall–Kier alpha value is -1.69. The lowest BCUT2D eigenvalue weighted by Crippen LogP contribution is -2.48. The molecule has 6 nitrogen and oxygen atoms in total. The van der Waals surface area contributed by atoms with E-state index >= 15 is 4.39 Å². The Morgan fingerprint density at radius 3 is 2.58 bits per heavy atom. The number of carbonyl (C=O) groups excluding carboxylic acids is 1. The van der Waals surface area contributed by atoms with E-state index in [9.17, 15) is 26.4 Å². The molecule has 2 heterocycles. The fourth-order valence-corrected chi connectivity index (χ4v) is 6.21. The first-order valence-electron chi connectivity index (χ1n) is 12.8. The molecule has 0 unspecified atom stereocenters. The topological polar surface area (TPSA) is 69.7 Å². The van der Waals surface area contributed by atoms with Crippen LogP contribution in [-0.4, -0.2) is 87.5 Å². The van der Waals surface area contributed by atoms with E-state index in [2.05, 4.69) is 5.32 Å². The molecule has 12 heteroatoms. The van der Waals surface area contributed by atoms with Gasteiger partial charge >= 0.3 is 6.18 Å². The lowest BCUT2D eigenvalue weighted by molar-refractivity contribution is -0.150. The van der Waals surface area contributed by atoms with Gasteiger partial charge in [-0.15, -0.1) is 0 Å². The highest BCUT2D eigenvalue weighted by molar-refractivity contribution is 7.93. The molecule has 2 fully saturated rings. The van der Waals surface area contributed by atoms with Gasteiger partial charge in [-0.2, -0.15) is 13.2 Å². The second-order valence-electron chi connectivity index (χ2n) is 10.6. The number of rotatable bonds is 8. The number of benzene rings is 1. The van der Waals surface area contributed by atoms with E-state index < -0.39 is 40.2 Å². The van der Waals surface area contributed by atoms with Gasteiger partial charge in [0, 0.05) is 48.8 Å². The van der Waals surface area contributed by atoms with E-state index in [1.54, 1.807) is 13.0 Å². The summed E-state index contributed by atoms with van der Waals surface area (Å²) in [5.41, 5.74) is -1.20. The van der Waals surface area contributed by atoms with Crippen LogP contribution >= 0.6 is 11.6 Å². The Kier molecular flexibility index (Phi) is 10.3. The first-order valence-corrected chi connectivity index (χ1v) is 15.1. The molecule has 0 bridgehead atoms. The molecule has 214 valence electrons. The molecule has 0 radical (unpaired) electrons. The molecule has 38 heavy (non-hydrogen) atoms. The molecule has 4 atom stereocenters. The van der Waals surface area contributed by atoms with Crippen molar-refractivity contribution < 1.29 is 30.8 Å². The van der Waals surface area contributed by atoms with Crippen LogP contribution in [0.5, 0.6) is 0 Å². The lowest BCUT2D eigenvalue weighted by Gasteiger charge is -2.41. The highest BCUT2D eigenvalue weighted by Crippen LogP contribution is 2.38. The predicted molar refractivity (Wildman–Crippen MR) is 141 cm³/mol. The van der Waals surface area contributed by atoms with Crippen LogP contribution in [0.25, 0.3) is 0 Å². The van der Waals surface area contributed by atoms with Gasteiger partial charge in [0.05, 0.1) is 6.54 Å². The molecule has 1 N–H and O–H groups in total. The molecule has 0 aliphatic carbocycles. The summed E-state index contributed by atoms with van der Waals surface area (Å²) < 4.78 is 77.7. The number of halogens is 5. The smallest absolute Gasteiger partial charge is 0.347 e. The maximum atomic E-state index is 15.7. The number of alkyl halides is 4. The van der Waals surface area contributed by atoms with E-state index in [1.165, 1.54) is 11.0 Å². The van der Waals surface area contributed by atoms with Gasteiger partial charge in [-0.1, -0.05) is 35.9 Å². The second-order valence-corrected chi connectivity index (χ2v) is 12.9. The first kappa shape index (κ1) is 30.8. The summed E-state index contributed by atoms with van der Waals surface area (Å²) in [6.07, 6.45) is -1.07. The Bertz CT molecular complexity index is 1100. The van der Waals surface area contributed by atoms with Crippen LogP contribution in [0.3, 0.4) is 0 Å². The van der Waals surface area contributed by atoms with Crippen molar-refractivity contribution in [3.8, 4) is 0 Å². The van der Waals surface area contributed by atoms with Gasteiger partial charge in [-0.3, -0.25) is 9.69 Å². The minimum Gasteiger partial charge on any atom is -0.347 e. The second kappa shape index (κ2) is 12.7. The van der Waals surface area contributed by atoms with Crippen LogP contribution in [-0.2, 0) is 14.6 Å². The number of piperidine rings is 1. The van der Waals surface area contributed by atoms with E-state index in [0.717, 1.165) is 17.2 Å². The van der Waals surface area contributed by atoms with E-state index in [1.807, 2.05) is 23.1 Å². The number of amides is 1. The summed E-state index contributed by atoms with van der Waals surface area (Å²) in [6, 6.07) is 6.72. The van der Waals surface area contributed by atoms with Gasteiger partial charge in [-0.05, 0) is 62.7 Å². The molecule has 1 amide bonds. The lowest BCUT2D eigenvalue weighted by atomic mass is 9.80. The third-order valence-electron chi connectivity index (χ3n) is 7.27. The molecule has 1 aromatic carbocycles. The van der Waals surface area contributed by atoms with E-state index in [-0.39, 0.29) is 37.8 Å². The Morgan fingerprint density at radius 2 is 1.92 bits per heavy atom. The Balaban J connectivity index is 1.68.